The van der Waals surface area contributed by atoms with Crippen LogP contribution < -0.4 is 5.32 Å². The summed E-state index contributed by atoms with van der Waals surface area (Å²) in [5.41, 5.74) is 2.83. The molecule has 5 heteroatoms. The normalized spacial score (nSPS) is 11.7. The average Bonchev–Trinajstić information content (AvgIpc) is 2.85. The fourth-order valence-corrected chi connectivity index (χ4v) is 1.78. The lowest BCUT2D eigenvalue weighted by Crippen LogP contribution is -2.09. The first-order valence-corrected chi connectivity index (χ1v) is 6.08. The van der Waals surface area contributed by atoms with Gasteiger partial charge in [0.25, 0.3) is 0 Å². The van der Waals surface area contributed by atoms with Crippen LogP contribution in [0.4, 0.5) is 5.82 Å². The van der Waals surface area contributed by atoms with E-state index in [1.165, 1.54) is 0 Å². The second kappa shape index (κ2) is 4.25. The molecule has 4 nitrogen and oxygen atoms in total. The zero-order valence-corrected chi connectivity index (χ0v) is 10.5. The highest BCUT2D eigenvalue weighted by Gasteiger charge is 2.19. The highest BCUT2D eigenvalue weighted by atomic mass is 32.1. The van der Waals surface area contributed by atoms with Gasteiger partial charge in [-0.3, -0.25) is 0 Å². The molecule has 0 saturated heterocycles. The van der Waals surface area contributed by atoms with Crippen molar-refractivity contribution >= 4 is 17.2 Å². The third-order valence-electron chi connectivity index (χ3n) is 2.18. The Labute approximate surface area is 98.7 Å². The van der Waals surface area contributed by atoms with Gasteiger partial charge in [0.1, 0.15) is 5.76 Å². The van der Waals surface area contributed by atoms with Crippen LogP contribution in [0.2, 0.25) is 0 Å². The fourth-order valence-electron chi connectivity index (χ4n) is 1.22. The van der Waals surface area contributed by atoms with Crippen molar-refractivity contribution in [1.29, 1.82) is 0 Å². The Balaban J connectivity index is 1.98. The number of rotatable bonds is 3. The maximum atomic E-state index is 5.27. The van der Waals surface area contributed by atoms with E-state index in [1.54, 1.807) is 11.3 Å². The lowest BCUT2D eigenvalue weighted by atomic mass is 9.93. The molecule has 0 aliphatic heterocycles. The van der Waals surface area contributed by atoms with E-state index in [1.807, 2.05) is 17.0 Å². The van der Waals surface area contributed by atoms with Crippen LogP contribution >= 0.6 is 11.3 Å². The average molecular weight is 237 g/mol. The Kier molecular flexibility index (Phi) is 2.96. The third kappa shape index (κ3) is 2.61. The molecule has 0 amide bonds. The van der Waals surface area contributed by atoms with E-state index in [9.17, 15) is 0 Å². The van der Waals surface area contributed by atoms with Crippen molar-refractivity contribution in [2.24, 2.45) is 0 Å². The van der Waals surface area contributed by atoms with Crippen molar-refractivity contribution in [2.45, 2.75) is 32.7 Å². The minimum atomic E-state index is -0.00639. The molecule has 0 atom stereocenters. The van der Waals surface area contributed by atoms with Gasteiger partial charge in [-0.2, -0.15) is 0 Å². The molecule has 0 aliphatic rings. The molecule has 0 spiro atoms. The standard InChI is InChI=1S/C11H15N3OS/c1-11(2,3)9-4-10(14-15-9)12-5-8-6-16-7-13-8/h4,6-7H,5H2,1-3H3,(H,12,14). The molecular weight excluding hydrogens is 222 g/mol. The maximum Gasteiger partial charge on any atom is 0.169 e. The van der Waals surface area contributed by atoms with Crippen molar-refractivity contribution in [3.05, 3.63) is 28.4 Å². The highest BCUT2D eigenvalue weighted by Crippen LogP contribution is 2.24. The van der Waals surface area contributed by atoms with Gasteiger partial charge in [0, 0.05) is 16.9 Å². The predicted molar refractivity (Wildman–Crippen MR) is 64.6 cm³/mol. The van der Waals surface area contributed by atoms with Gasteiger partial charge in [-0.1, -0.05) is 25.9 Å². The molecule has 86 valence electrons. The van der Waals surface area contributed by atoms with Crippen LogP contribution in [0.25, 0.3) is 0 Å². The van der Waals surface area contributed by atoms with E-state index < -0.39 is 0 Å². The lowest BCUT2D eigenvalue weighted by Gasteiger charge is -2.12. The van der Waals surface area contributed by atoms with Crippen molar-refractivity contribution in [1.82, 2.24) is 10.1 Å². The van der Waals surface area contributed by atoms with E-state index in [2.05, 4.69) is 36.2 Å². The van der Waals surface area contributed by atoms with E-state index in [4.69, 9.17) is 4.52 Å². The molecule has 0 radical (unpaired) electrons. The van der Waals surface area contributed by atoms with Gasteiger partial charge in [-0.05, 0) is 0 Å². The number of nitrogens with zero attached hydrogens (tertiary/aromatic N) is 2. The molecule has 0 aromatic carbocycles. The number of anilines is 1. The molecule has 0 aliphatic carbocycles. The summed E-state index contributed by atoms with van der Waals surface area (Å²) < 4.78 is 5.27. The van der Waals surface area contributed by atoms with Gasteiger partial charge < -0.3 is 9.84 Å². The Morgan fingerprint density at radius 1 is 1.44 bits per heavy atom. The van der Waals surface area contributed by atoms with Gasteiger partial charge in [0.15, 0.2) is 5.82 Å². The topological polar surface area (TPSA) is 51.0 Å². The molecule has 2 aromatic heterocycles. The van der Waals surface area contributed by atoms with Crippen LogP contribution in [0.15, 0.2) is 21.5 Å². The van der Waals surface area contributed by atoms with Crippen LogP contribution in [0.1, 0.15) is 32.2 Å². The number of thiazole rings is 1. The Morgan fingerprint density at radius 2 is 2.25 bits per heavy atom. The monoisotopic (exact) mass is 237 g/mol. The summed E-state index contributed by atoms with van der Waals surface area (Å²) >= 11 is 1.59. The smallest absolute Gasteiger partial charge is 0.169 e. The number of nitrogens with one attached hydrogen (secondary N) is 1. The summed E-state index contributed by atoms with van der Waals surface area (Å²) in [7, 11) is 0. The van der Waals surface area contributed by atoms with Crippen LogP contribution in [0, 0.1) is 0 Å². The van der Waals surface area contributed by atoms with Crippen LogP contribution in [-0.4, -0.2) is 10.1 Å². The molecule has 0 fully saturated rings. The van der Waals surface area contributed by atoms with E-state index in [0.717, 1.165) is 17.3 Å². The van der Waals surface area contributed by atoms with Crippen LogP contribution in [-0.2, 0) is 12.0 Å². The van der Waals surface area contributed by atoms with Gasteiger partial charge in [0.2, 0.25) is 0 Å². The molecule has 2 rings (SSSR count). The van der Waals surface area contributed by atoms with Gasteiger partial charge in [-0.25, -0.2) is 4.98 Å². The first-order valence-electron chi connectivity index (χ1n) is 5.14. The second-order valence-corrected chi connectivity index (χ2v) is 5.38. The first kappa shape index (κ1) is 11.1. The Hall–Kier alpha value is -1.36. The third-order valence-corrected chi connectivity index (χ3v) is 2.82. The molecule has 2 aromatic rings. The summed E-state index contributed by atoms with van der Waals surface area (Å²) in [4.78, 5) is 4.18. The summed E-state index contributed by atoms with van der Waals surface area (Å²) in [6.07, 6.45) is 0. The zero-order chi connectivity index (χ0) is 11.6. The zero-order valence-electron chi connectivity index (χ0n) is 9.65. The molecule has 2 heterocycles. The first-order chi connectivity index (χ1) is 7.55. The largest absolute Gasteiger partial charge is 0.362 e. The van der Waals surface area contributed by atoms with Crippen molar-refractivity contribution in [3.8, 4) is 0 Å². The predicted octanol–water partition coefficient (Wildman–Crippen LogP) is 3.04. The molecule has 16 heavy (non-hydrogen) atoms. The number of hydrogen-bond donors (Lipinski definition) is 1. The lowest BCUT2D eigenvalue weighted by molar-refractivity contribution is 0.330. The Morgan fingerprint density at radius 3 is 2.81 bits per heavy atom. The van der Waals surface area contributed by atoms with Crippen molar-refractivity contribution in [3.63, 3.8) is 0 Å². The number of hydrogen-bond acceptors (Lipinski definition) is 5. The Bertz CT molecular complexity index is 442. The fraction of sp³-hybridized carbons (Fsp3) is 0.455. The SMILES string of the molecule is CC(C)(C)c1cc(NCc2cscn2)no1. The minimum absolute atomic E-state index is 0.00639. The molecule has 0 bridgehead atoms. The number of aromatic nitrogens is 2. The summed E-state index contributed by atoms with van der Waals surface area (Å²) in [6.45, 7) is 6.97. The van der Waals surface area contributed by atoms with Gasteiger partial charge in [0.05, 0.1) is 17.7 Å². The van der Waals surface area contributed by atoms with E-state index in [-0.39, 0.29) is 5.41 Å². The van der Waals surface area contributed by atoms with Crippen LogP contribution in [0.5, 0.6) is 0 Å². The summed E-state index contributed by atoms with van der Waals surface area (Å²) in [5, 5.41) is 9.16. The molecular formula is C11H15N3OS. The van der Waals surface area contributed by atoms with E-state index >= 15 is 0 Å². The van der Waals surface area contributed by atoms with Gasteiger partial charge in [-0.15, -0.1) is 11.3 Å². The van der Waals surface area contributed by atoms with Crippen molar-refractivity contribution < 1.29 is 4.52 Å². The quantitative estimate of drug-likeness (QED) is 0.891. The second-order valence-electron chi connectivity index (χ2n) is 4.66. The molecule has 1 N–H and O–H groups in total. The highest BCUT2D eigenvalue weighted by molar-refractivity contribution is 7.07. The summed E-state index contributed by atoms with van der Waals surface area (Å²) in [6, 6.07) is 1.94. The molecule has 0 saturated carbocycles. The maximum absolute atomic E-state index is 5.27. The van der Waals surface area contributed by atoms with E-state index in [0.29, 0.717) is 6.54 Å². The minimum Gasteiger partial charge on any atom is -0.362 e. The van der Waals surface area contributed by atoms with Crippen molar-refractivity contribution in [2.75, 3.05) is 5.32 Å². The van der Waals surface area contributed by atoms with Crippen LogP contribution in [0.3, 0.4) is 0 Å². The molecule has 0 unspecified atom stereocenters. The summed E-state index contributed by atoms with van der Waals surface area (Å²) in [5.74, 6) is 1.64. The van der Waals surface area contributed by atoms with Gasteiger partial charge >= 0.3 is 0 Å².